The number of ether oxygens (including phenoxy) is 1. The largest absolute Gasteiger partial charge is 0.466 e. The molecule has 0 saturated heterocycles. The van der Waals surface area contributed by atoms with Crippen molar-refractivity contribution in [2.24, 2.45) is 0 Å². The molecule has 0 aromatic carbocycles. The third-order valence-electron chi connectivity index (χ3n) is 2.75. The number of furan rings is 1. The predicted molar refractivity (Wildman–Crippen MR) is 67.6 cm³/mol. The van der Waals surface area contributed by atoms with E-state index in [1.165, 1.54) is 6.92 Å². The van der Waals surface area contributed by atoms with Gasteiger partial charge in [0, 0.05) is 5.56 Å². The van der Waals surface area contributed by atoms with Crippen LogP contribution < -0.4 is 5.32 Å². The first-order valence-corrected chi connectivity index (χ1v) is 6.22. The number of aryl methyl sites for hydroxylation is 2. The zero-order valence-electron chi connectivity index (χ0n) is 12.0. The van der Waals surface area contributed by atoms with Crippen molar-refractivity contribution in [2.45, 2.75) is 32.5 Å². The molecule has 0 aliphatic rings. The average molecular weight is 309 g/mol. The minimum absolute atomic E-state index is 0.166. The van der Waals surface area contributed by atoms with E-state index in [9.17, 15) is 23.1 Å². The molecule has 1 aromatic rings. The Labute approximate surface area is 120 Å². The maximum atomic E-state index is 11.8. The lowest BCUT2D eigenvalue weighted by molar-refractivity contribution is -0.175. The molecule has 1 heterocycles. The van der Waals surface area contributed by atoms with Crippen molar-refractivity contribution in [2.75, 3.05) is 19.8 Å². The van der Waals surface area contributed by atoms with E-state index < -0.39 is 30.9 Å². The molecule has 0 saturated carbocycles. The Morgan fingerprint density at radius 2 is 2.05 bits per heavy atom. The molecule has 0 radical (unpaired) electrons. The molecule has 1 rings (SSSR count). The van der Waals surface area contributed by atoms with E-state index in [2.05, 4.69) is 10.1 Å². The monoisotopic (exact) mass is 309 g/mol. The molecule has 0 aliphatic carbocycles. The molecule has 2 N–H and O–H groups in total. The molecule has 0 spiro atoms. The third kappa shape index (κ3) is 5.76. The summed E-state index contributed by atoms with van der Waals surface area (Å²) in [5.41, 5.74) is -0.877. The number of carbonyl (C=O) groups excluding carboxylic acids is 1. The molecule has 0 bridgehead atoms. The van der Waals surface area contributed by atoms with E-state index in [-0.39, 0.29) is 6.54 Å². The highest BCUT2D eigenvalue weighted by Crippen LogP contribution is 2.26. The third-order valence-corrected chi connectivity index (χ3v) is 2.75. The van der Waals surface area contributed by atoms with Crippen LogP contribution in [0.15, 0.2) is 10.5 Å². The number of carbonyl (C=O) groups is 1. The van der Waals surface area contributed by atoms with Crippen molar-refractivity contribution in [3.8, 4) is 0 Å². The molecular formula is C13H18F3NO4. The number of hydrogen-bond donors (Lipinski definition) is 2. The van der Waals surface area contributed by atoms with Crippen molar-refractivity contribution in [1.82, 2.24) is 5.32 Å². The number of amides is 1. The van der Waals surface area contributed by atoms with E-state index in [0.717, 1.165) is 0 Å². The fraction of sp³-hybridized carbons (Fsp3) is 0.615. The van der Waals surface area contributed by atoms with Gasteiger partial charge in [-0.15, -0.1) is 0 Å². The second kappa shape index (κ2) is 6.48. The van der Waals surface area contributed by atoms with Gasteiger partial charge in [0.2, 0.25) is 5.91 Å². The summed E-state index contributed by atoms with van der Waals surface area (Å²) in [6.07, 6.45) is -4.47. The first kappa shape index (κ1) is 17.5. The van der Waals surface area contributed by atoms with Crippen LogP contribution in [0.3, 0.4) is 0 Å². The van der Waals surface area contributed by atoms with E-state index in [1.54, 1.807) is 19.9 Å². The topological polar surface area (TPSA) is 71.7 Å². The molecule has 1 aromatic heterocycles. The lowest BCUT2D eigenvalue weighted by Gasteiger charge is -2.23. The van der Waals surface area contributed by atoms with Crippen LogP contribution in [0, 0.1) is 13.8 Å². The summed E-state index contributed by atoms with van der Waals surface area (Å²) in [5, 5.41) is 12.6. The van der Waals surface area contributed by atoms with E-state index >= 15 is 0 Å². The normalized spacial score (nSPS) is 14.8. The maximum absolute atomic E-state index is 11.8. The number of aliphatic hydroxyl groups is 1. The first-order valence-electron chi connectivity index (χ1n) is 6.22. The van der Waals surface area contributed by atoms with Crippen LogP contribution in [-0.4, -0.2) is 36.9 Å². The summed E-state index contributed by atoms with van der Waals surface area (Å²) in [5.74, 6) is 0.389. The van der Waals surface area contributed by atoms with E-state index in [1.807, 2.05) is 0 Å². The van der Waals surface area contributed by atoms with Gasteiger partial charge < -0.3 is 19.6 Å². The van der Waals surface area contributed by atoms with Gasteiger partial charge in [-0.05, 0) is 26.8 Å². The van der Waals surface area contributed by atoms with Gasteiger partial charge in [-0.2, -0.15) is 13.2 Å². The molecule has 1 amide bonds. The molecule has 5 nitrogen and oxygen atoms in total. The second-order valence-corrected chi connectivity index (χ2v) is 4.99. The second-order valence-electron chi connectivity index (χ2n) is 4.99. The van der Waals surface area contributed by atoms with Crippen molar-refractivity contribution >= 4 is 5.91 Å². The first-order chi connectivity index (χ1) is 9.51. The molecular weight excluding hydrogens is 291 g/mol. The van der Waals surface area contributed by atoms with Crippen LogP contribution in [0.5, 0.6) is 0 Å². The number of halogens is 3. The summed E-state index contributed by atoms with van der Waals surface area (Å²) in [6, 6.07) is 1.64. The van der Waals surface area contributed by atoms with Crippen LogP contribution in [0.25, 0.3) is 0 Å². The minimum atomic E-state index is -4.47. The Bertz CT molecular complexity index is 494. The number of rotatable bonds is 6. The molecule has 21 heavy (non-hydrogen) atoms. The van der Waals surface area contributed by atoms with Crippen LogP contribution in [-0.2, 0) is 15.1 Å². The summed E-state index contributed by atoms with van der Waals surface area (Å²) in [7, 11) is 0. The summed E-state index contributed by atoms with van der Waals surface area (Å²) in [6.45, 7) is 2.49. The molecule has 0 fully saturated rings. The van der Waals surface area contributed by atoms with Gasteiger partial charge in [-0.3, -0.25) is 4.79 Å². The van der Waals surface area contributed by atoms with Crippen molar-refractivity contribution < 1.29 is 32.2 Å². The lowest BCUT2D eigenvalue weighted by Crippen LogP contribution is -2.40. The van der Waals surface area contributed by atoms with E-state index in [0.29, 0.717) is 17.1 Å². The van der Waals surface area contributed by atoms with Gasteiger partial charge in [-0.25, -0.2) is 0 Å². The smallest absolute Gasteiger partial charge is 0.411 e. The Hall–Kier alpha value is -1.54. The van der Waals surface area contributed by atoms with Crippen molar-refractivity contribution in [3.63, 3.8) is 0 Å². The van der Waals surface area contributed by atoms with Crippen LogP contribution in [0.1, 0.15) is 24.0 Å². The van der Waals surface area contributed by atoms with Gasteiger partial charge in [0.1, 0.15) is 30.3 Å². The summed E-state index contributed by atoms with van der Waals surface area (Å²) < 4.78 is 45.0. The van der Waals surface area contributed by atoms with Crippen LogP contribution >= 0.6 is 0 Å². The summed E-state index contributed by atoms with van der Waals surface area (Å²) >= 11 is 0. The van der Waals surface area contributed by atoms with Crippen LogP contribution in [0.2, 0.25) is 0 Å². The van der Waals surface area contributed by atoms with Crippen molar-refractivity contribution in [1.29, 1.82) is 0 Å². The average Bonchev–Trinajstić information content (AvgIpc) is 2.65. The molecule has 1 atom stereocenters. The Balaban J connectivity index is 2.46. The van der Waals surface area contributed by atoms with Gasteiger partial charge >= 0.3 is 6.18 Å². The minimum Gasteiger partial charge on any atom is -0.466 e. The molecule has 1 unspecified atom stereocenters. The Kier molecular flexibility index (Phi) is 5.41. The van der Waals surface area contributed by atoms with Crippen molar-refractivity contribution in [3.05, 3.63) is 23.2 Å². The molecule has 120 valence electrons. The number of alkyl halides is 3. The van der Waals surface area contributed by atoms with Gasteiger partial charge in [-0.1, -0.05) is 0 Å². The Morgan fingerprint density at radius 3 is 2.52 bits per heavy atom. The predicted octanol–water partition coefficient (Wildman–Crippen LogP) is 1.80. The van der Waals surface area contributed by atoms with Crippen LogP contribution in [0.4, 0.5) is 13.2 Å². The van der Waals surface area contributed by atoms with Gasteiger partial charge in [0.25, 0.3) is 0 Å². The van der Waals surface area contributed by atoms with Gasteiger partial charge in [0.15, 0.2) is 0 Å². The summed E-state index contributed by atoms with van der Waals surface area (Å²) in [4.78, 5) is 11.4. The molecule has 0 aliphatic heterocycles. The SMILES string of the molecule is Cc1cc(C(C)(O)CNC(=O)COCC(F)(F)F)c(C)o1. The standard InChI is InChI=1S/C13H18F3NO4/c1-8-4-10(9(2)21-8)12(3,19)6-17-11(18)5-20-7-13(14,15)16/h4,19H,5-7H2,1-3H3,(H,17,18). The fourth-order valence-electron chi connectivity index (χ4n) is 1.84. The lowest BCUT2D eigenvalue weighted by atomic mass is 9.96. The number of hydrogen-bond acceptors (Lipinski definition) is 4. The Morgan fingerprint density at radius 1 is 1.43 bits per heavy atom. The van der Waals surface area contributed by atoms with E-state index in [4.69, 9.17) is 4.42 Å². The number of nitrogens with one attached hydrogen (secondary N) is 1. The zero-order chi connectivity index (χ0) is 16.3. The maximum Gasteiger partial charge on any atom is 0.411 e. The quantitative estimate of drug-likeness (QED) is 0.840. The zero-order valence-corrected chi connectivity index (χ0v) is 12.0. The highest BCUT2D eigenvalue weighted by Gasteiger charge is 2.29. The molecule has 8 heteroatoms. The highest BCUT2D eigenvalue weighted by molar-refractivity contribution is 5.77. The highest BCUT2D eigenvalue weighted by atomic mass is 19.4. The fourth-order valence-corrected chi connectivity index (χ4v) is 1.84. The van der Waals surface area contributed by atoms with Gasteiger partial charge in [0.05, 0.1) is 6.54 Å².